The van der Waals surface area contributed by atoms with Crippen LogP contribution in [-0.4, -0.2) is 55.4 Å². The zero-order valence-corrected chi connectivity index (χ0v) is 20.1. The lowest BCUT2D eigenvalue weighted by Gasteiger charge is -2.22. The number of rotatable bonds is 8. The number of halogens is 3. The summed E-state index contributed by atoms with van der Waals surface area (Å²) < 4.78 is 45.2. The molecule has 11 heteroatoms. The van der Waals surface area contributed by atoms with Crippen LogP contribution in [0, 0.1) is 0 Å². The molecule has 1 saturated heterocycles. The Bertz CT molecular complexity index is 1180. The maximum absolute atomic E-state index is 13.4. The van der Waals surface area contributed by atoms with E-state index in [-0.39, 0.29) is 5.69 Å². The monoisotopic (exact) mass is 489 g/mol. The summed E-state index contributed by atoms with van der Waals surface area (Å²) in [6, 6.07) is 5.03. The maximum Gasteiger partial charge on any atom is 0.416 e. The Labute approximate surface area is 202 Å². The minimum absolute atomic E-state index is 0.0523. The number of benzene rings is 1. The van der Waals surface area contributed by atoms with Crippen LogP contribution in [0.4, 0.5) is 36.4 Å². The minimum Gasteiger partial charge on any atom is -0.399 e. The van der Waals surface area contributed by atoms with E-state index in [0.717, 1.165) is 49.3 Å². The zero-order chi connectivity index (χ0) is 25.2. The first kappa shape index (κ1) is 24.8. The lowest BCUT2D eigenvalue weighted by Crippen LogP contribution is -2.25. The molecule has 35 heavy (non-hydrogen) atoms. The number of likely N-dealkylation sites (N-methyl/N-ethyl adjacent to an activating group) is 1. The molecule has 0 radical (unpaired) electrons. The van der Waals surface area contributed by atoms with Gasteiger partial charge in [0.25, 0.3) is 0 Å². The molecular weight excluding hydrogens is 459 g/mol. The average Bonchev–Trinajstić information content (AvgIpc) is 3.36. The Kier molecular flexibility index (Phi) is 7.15. The Morgan fingerprint density at radius 1 is 1.17 bits per heavy atom. The van der Waals surface area contributed by atoms with E-state index >= 15 is 0 Å². The van der Waals surface area contributed by atoms with Gasteiger partial charge in [0.05, 0.1) is 29.9 Å². The molecular formula is C24H30F3N7O. The molecule has 0 bridgehead atoms. The summed E-state index contributed by atoms with van der Waals surface area (Å²) in [5, 5.41) is 4.05. The van der Waals surface area contributed by atoms with Gasteiger partial charge in [-0.05, 0) is 49.6 Å². The largest absolute Gasteiger partial charge is 0.416 e. The molecule has 2 aromatic heterocycles. The highest BCUT2D eigenvalue weighted by Crippen LogP contribution is 2.34. The number of hydrogen-bond acceptors (Lipinski definition) is 8. The zero-order valence-electron chi connectivity index (χ0n) is 20.1. The van der Waals surface area contributed by atoms with Gasteiger partial charge in [0, 0.05) is 44.9 Å². The second kappa shape index (κ2) is 10.1. The summed E-state index contributed by atoms with van der Waals surface area (Å²) in [5.41, 5.74) is 6.11. The summed E-state index contributed by atoms with van der Waals surface area (Å²) in [6.07, 6.45) is -0.549. The van der Waals surface area contributed by atoms with Crippen LogP contribution < -0.4 is 20.9 Å². The maximum atomic E-state index is 13.4. The van der Waals surface area contributed by atoms with Gasteiger partial charge in [-0.2, -0.15) is 18.2 Å². The van der Waals surface area contributed by atoms with Crippen molar-refractivity contribution >= 4 is 34.2 Å². The van der Waals surface area contributed by atoms with Gasteiger partial charge in [-0.15, -0.1) is 0 Å². The van der Waals surface area contributed by atoms with E-state index < -0.39 is 17.8 Å². The third-order valence-corrected chi connectivity index (χ3v) is 6.12. The molecule has 0 aliphatic carbocycles. The van der Waals surface area contributed by atoms with Crippen LogP contribution in [0.2, 0.25) is 0 Å². The van der Waals surface area contributed by atoms with Crippen molar-refractivity contribution in [1.29, 1.82) is 0 Å². The Morgan fingerprint density at radius 2 is 1.91 bits per heavy atom. The van der Waals surface area contributed by atoms with E-state index in [2.05, 4.69) is 20.2 Å². The van der Waals surface area contributed by atoms with Crippen molar-refractivity contribution in [1.82, 2.24) is 15.0 Å². The van der Waals surface area contributed by atoms with Crippen molar-refractivity contribution in [2.45, 2.75) is 32.0 Å². The van der Waals surface area contributed by atoms with Crippen LogP contribution >= 0.6 is 0 Å². The molecule has 0 spiro atoms. The highest BCUT2D eigenvalue weighted by Gasteiger charge is 2.31. The fraction of sp³-hybridized carbons (Fsp3) is 0.458. The quantitative estimate of drug-likeness (QED) is 0.448. The highest BCUT2D eigenvalue weighted by molar-refractivity contribution is 5.91. The second-order valence-electron chi connectivity index (χ2n) is 8.79. The normalized spacial score (nSPS) is 15.0. The van der Waals surface area contributed by atoms with E-state index in [0.29, 0.717) is 36.0 Å². The molecule has 1 aromatic carbocycles. The van der Waals surface area contributed by atoms with Crippen LogP contribution in [0.15, 0.2) is 30.5 Å². The predicted octanol–water partition coefficient (Wildman–Crippen LogP) is 4.48. The molecule has 3 aromatic rings. The fourth-order valence-corrected chi connectivity index (χ4v) is 4.12. The fourth-order valence-electron chi connectivity index (χ4n) is 4.12. The van der Waals surface area contributed by atoms with Crippen LogP contribution in [-0.2, 0) is 10.9 Å². The third kappa shape index (κ3) is 5.67. The van der Waals surface area contributed by atoms with Crippen molar-refractivity contribution in [2.24, 2.45) is 0 Å². The SMILES string of the molecule is COCCN(C)c1nc(N[C@H](C)c2cc(N)cc(C(F)(F)F)c2)c2cc(N3CCCC3)ncc2n1. The van der Waals surface area contributed by atoms with Crippen molar-refractivity contribution in [2.75, 3.05) is 61.2 Å². The Morgan fingerprint density at radius 3 is 2.60 bits per heavy atom. The number of alkyl halides is 3. The first-order valence-corrected chi connectivity index (χ1v) is 11.5. The summed E-state index contributed by atoms with van der Waals surface area (Å²) >= 11 is 0. The highest BCUT2D eigenvalue weighted by atomic mass is 19.4. The number of ether oxygens (including phenoxy) is 1. The second-order valence-corrected chi connectivity index (χ2v) is 8.79. The molecule has 3 heterocycles. The number of nitrogens with zero attached hydrogens (tertiary/aromatic N) is 5. The number of nitrogens with one attached hydrogen (secondary N) is 1. The van der Waals surface area contributed by atoms with Crippen molar-refractivity contribution in [3.63, 3.8) is 0 Å². The number of methoxy groups -OCH3 is 1. The number of nitrogen functional groups attached to an aromatic ring is 1. The standard InChI is InChI=1S/C24H30F3N7O/c1-15(16-10-17(24(25,26)27)12-18(28)11-16)30-22-19-13-21(34-6-4-5-7-34)29-14-20(19)31-23(32-22)33(2)8-9-35-3/h10-15H,4-9,28H2,1-3H3,(H,30,31,32)/t15-/m1/s1. The number of aromatic nitrogens is 3. The Balaban J connectivity index is 1.74. The summed E-state index contributed by atoms with van der Waals surface area (Å²) in [4.78, 5) is 18.1. The van der Waals surface area contributed by atoms with E-state index in [1.54, 1.807) is 26.3 Å². The molecule has 4 rings (SSSR count). The van der Waals surface area contributed by atoms with Gasteiger partial charge < -0.3 is 25.6 Å². The summed E-state index contributed by atoms with van der Waals surface area (Å²) in [6.45, 7) is 4.70. The van der Waals surface area contributed by atoms with E-state index in [1.165, 1.54) is 0 Å². The van der Waals surface area contributed by atoms with Crippen LogP contribution in [0.3, 0.4) is 0 Å². The molecule has 0 saturated carbocycles. The van der Waals surface area contributed by atoms with Crippen LogP contribution in [0.25, 0.3) is 10.9 Å². The van der Waals surface area contributed by atoms with Gasteiger partial charge in [-0.1, -0.05) is 0 Å². The molecule has 0 amide bonds. The molecule has 3 N–H and O–H groups in total. The lowest BCUT2D eigenvalue weighted by molar-refractivity contribution is -0.137. The van der Waals surface area contributed by atoms with Gasteiger partial charge in [0.1, 0.15) is 11.6 Å². The van der Waals surface area contributed by atoms with E-state index in [4.69, 9.17) is 15.5 Å². The summed E-state index contributed by atoms with van der Waals surface area (Å²) in [7, 11) is 3.47. The molecule has 1 aliphatic rings. The lowest BCUT2D eigenvalue weighted by atomic mass is 10.0. The van der Waals surface area contributed by atoms with Crippen molar-refractivity contribution < 1.29 is 17.9 Å². The average molecular weight is 490 g/mol. The van der Waals surface area contributed by atoms with Gasteiger partial charge >= 0.3 is 6.18 Å². The molecule has 188 valence electrons. The molecule has 1 fully saturated rings. The predicted molar refractivity (Wildman–Crippen MR) is 132 cm³/mol. The number of pyridine rings is 1. The molecule has 0 unspecified atom stereocenters. The first-order valence-electron chi connectivity index (χ1n) is 11.5. The number of nitrogens with two attached hydrogens (primary N) is 1. The smallest absolute Gasteiger partial charge is 0.399 e. The summed E-state index contributed by atoms with van der Waals surface area (Å²) in [5.74, 6) is 1.81. The van der Waals surface area contributed by atoms with Gasteiger partial charge in [0.15, 0.2) is 0 Å². The van der Waals surface area contributed by atoms with Gasteiger partial charge in [-0.25, -0.2) is 9.97 Å². The van der Waals surface area contributed by atoms with Crippen molar-refractivity contribution in [3.05, 3.63) is 41.6 Å². The van der Waals surface area contributed by atoms with E-state index in [9.17, 15) is 13.2 Å². The topological polar surface area (TPSA) is 92.4 Å². The third-order valence-electron chi connectivity index (χ3n) is 6.12. The molecule has 8 nitrogen and oxygen atoms in total. The molecule has 1 aliphatic heterocycles. The van der Waals surface area contributed by atoms with Crippen LogP contribution in [0.5, 0.6) is 0 Å². The number of anilines is 4. The molecule has 1 atom stereocenters. The first-order chi connectivity index (χ1) is 16.7. The van der Waals surface area contributed by atoms with Crippen LogP contribution in [0.1, 0.15) is 36.9 Å². The Hall–Kier alpha value is -3.34. The number of hydrogen-bond donors (Lipinski definition) is 2. The van der Waals surface area contributed by atoms with E-state index in [1.807, 2.05) is 18.0 Å². The van der Waals surface area contributed by atoms with Gasteiger partial charge in [0.2, 0.25) is 5.95 Å². The van der Waals surface area contributed by atoms with Crippen molar-refractivity contribution in [3.8, 4) is 0 Å². The number of fused-ring (bicyclic) bond motifs is 1. The van der Waals surface area contributed by atoms with Gasteiger partial charge in [-0.3, -0.25) is 0 Å². The minimum atomic E-state index is -4.49.